The van der Waals surface area contributed by atoms with Gasteiger partial charge in [-0.25, -0.2) is 4.98 Å². The van der Waals surface area contributed by atoms with Crippen LogP contribution in [0.5, 0.6) is 11.6 Å². The highest BCUT2D eigenvalue weighted by atomic mass is 16.5. The number of nitriles is 1. The summed E-state index contributed by atoms with van der Waals surface area (Å²) in [5, 5.41) is 11.5. The number of amides is 1. The third-order valence-electron chi connectivity index (χ3n) is 2.49. The Morgan fingerprint density at radius 1 is 1.35 bits per heavy atom. The molecule has 0 aliphatic carbocycles. The van der Waals surface area contributed by atoms with Gasteiger partial charge in [0.25, 0.3) is 5.91 Å². The number of rotatable bonds is 4. The summed E-state index contributed by atoms with van der Waals surface area (Å²) in [7, 11) is 0. The summed E-state index contributed by atoms with van der Waals surface area (Å²) in [6.07, 6.45) is 0. The molecule has 20 heavy (non-hydrogen) atoms. The summed E-state index contributed by atoms with van der Waals surface area (Å²) in [6, 6.07) is 13.7. The van der Waals surface area contributed by atoms with Crippen LogP contribution in [0.25, 0.3) is 0 Å². The molecule has 0 saturated carbocycles. The summed E-state index contributed by atoms with van der Waals surface area (Å²) in [4.78, 5) is 15.7. The van der Waals surface area contributed by atoms with E-state index >= 15 is 0 Å². The van der Waals surface area contributed by atoms with Crippen LogP contribution in [0.1, 0.15) is 23.0 Å². The molecule has 0 aliphatic heterocycles. The molecule has 2 aromatic rings. The third-order valence-corrected chi connectivity index (χ3v) is 2.49. The highest BCUT2D eigenvalue weighted by Crippen LogP contribution is 2.20. The molecular formula is C15H13N3O2. The molecule has 0 spiro atoms. The van der Waals surface area contributed by atoms with Gasteiger partial charge >= 0.3 is 0 Å². The van der Waals surface area contributed by atoms with E-state index in [4.69, 9.17) is 10.00 Å². The molecule has 0 fully saturated rings. The molecule has 5 nitrogen and oxygen atoms in total. The van der Waals surface area contributed by atoms with Gasteiger partial charge in [0, 0.05) is 18.2 Å². The monoisotopic (exact) mass is 267 g/mol. The van der Waals surface area contributed by atoms with E-state index in [0.29, 0.717) is 23.7 Å². The van der Waals surface area contributed by atoms with E-state index in [2.05, 4.69) is 10.3 Å². The van der Waals surface area contributed by atoms with Gasteiger partial charge in [-0.15, -0.1) is 0 Å². The molecule has 100 valence electrons. The second-order valence-corrected chi connectivity index (χ2v) is 3.96. The summed E-state index contributed by atoms with van der Waals surface area (Å²) in [5.74, 6) is 0.658. The van der Waals surface area contributed by atoms with E-state index in [9.17, 15) is 4.79 Å². The summed E-state index contributed by atoms with van der Waals surface area (Å²) >= 11 is 0. The predicted octanol–water partition coefficient (Wildman–Crippen LogP) is 2.50. The van der Waals surface area contributed by atoms with Crippen LogP contribution >= 0.6 is 0 Å². The lowest BCUT2D eigenvalue weighted by Crippen LogP contribution is -2.22. The Morgan fingerprint density at radius 2 is 2.15 bits per heavy atom. The summed E-state index contributed by atoms with van der Waals surface area (Å²) in [6.45, 7) is 2.42. The van der Waals surface area contributed by atoms with Crippen molar-refractivity contribution in [1.29, 1.82) is 5.26 Å². The number of ether oxygens (including phenoxy) is 1. The maximum Gasteiger partial charge on any atom is 0.251 e. The summed E-state index contributed by atoms with van der Waals surface area (Å²) < 4.78 is 5.55. The lowest BCUT2D eigenvalue weighted by atomic mass is 10.2. The average molecular weight is 267 g/mol. The Hall–Kier alpha value is -2.87. The van der Waals surface area contributed by atoms with Crippen molar-refractivity contribution in [3.8, 4) is 17.7 Å². The van der Waals surface area contributed by atoms with Crippen LogP contribution in [0.4, 0.5) is 0 Å². The zero-order valence-electron chi connectivity index (χ0n) is 11.0. The molecule has 0 radical (unpaired) electrons. The zero-order valence-corrected chi connectivity index (χ0v) is 11.0. The maximum absolute atomic E-state index is 11.7. The van der Waals surface area contributed by atoms with E-state index < -0.39 is 0 Å². The van der Waals surface area contributed by atoms with Crippen molar-refractivity contribution < 1.29 is 9.53 Å². The van der Waals surface area contributed by atoms with E-state index in [0.717, 1.165) is 0 Å². The van der Waals surface area contributed by atoms with Gasteiger partial charge in [0.15, 0.2) is 0 Å². The van der Waals surface area contributed by atoms with Gasteiger partial charge in [-0.05, 0) is 31.2 Å². The predicted molar refractivity (Wildman–Crippen MR) is 73.5 cm³/mol. The minimum Gasteiger partial charge on any atom is -0.439 e. The second-order valence-electron chi connectivity index (χ2n) is 3.96. The van der Waals surface area contributed by atoms with Crippen molar-refractivity contribution in [3.63, 3.8) is 0 Å². The topological polar surface area (TPSA) is 75.0 Å². The Bertz CT molecular complexity index is 662. The minimum atomic E-state index is -0.156. The number of carbonyl (C=O) groups excluding carboxylic acids is 1. The van der Waals surface area contributed by atoms with Crippen LogP contribution in [0, 0.1) is 11.3 Å². The van der Waals surface area contributed by atoms with Crippen LogP contribution in [0.15, 0.2) is 42.5 Å². The maximum atomic E-state index is 11.7. The number of nitrogens with zero attached hydrogens (tertiary/aromatic N) is 2. The first-order chi connectivity index (χ1) is 9.72. The van der Waals surface area contributed by atoms with Crippen molar-refractivity contribution in [1.82, 2.24) is 10.3 Å². The fraction of sp³-hybridized carbons (Fsp3) is 0.133. The molecule has 1 aromatic heterocycles. The molecule has 1 N–H and O–H groups in total. The zero-order chi connectivity index (χ0) is 14.4. The van der Waals surface area contributed by atoms with Gasteiger partial charge < -0.3 is 10.1 Å². The Labute approximate surface area is 116 Å². The van der Waals surface area contributed by atoms with Crippen LogP contribution in [-0.4, -0.2) is 17.4 Å². The van der Waals surface area contributed by atoms with Gasteiger partial charge in [-0.3, -0.25) is 4.79 Å². The molecule has 0 saturated heterocycles. The molecule has 0 aliphatic rings. The van der Waals surface area contributed by atoms with E-state index in [-0.39, 0.29) is 11.6 Å². The highest BCUT2D eigenvalue weighted by molar-refractivity contribution is 5.94. The van der Waals surface area contributed by atoms with Crippen molar-refractivity contribution >= 4 is 5.91 Å². The number of carbonyl (C=O) groups is 1. The number of benzene rings is 1. The smallest absolute Gasteiger partial charge is 0.251 e. The standard InChI is InChI=1S/C15H13N3O2/c1-2-17-15(19)11-5-3-7-13(9-11)20-14-8-4-6-12(10-16)18-14/h3-9H,2H2,1H3,(H,17,19). The van der Waals surface area contributed by atoms with E-state index in [1.807, 2.05) is 13.0 Å². The average Bonchev–Trinajstić information content (AvgIpc) is 2.48. The lowest BCUT2D eigenvalue weighted by molar-refractivity contribution is 0.0955. The number of aromatic nitrogens is 1. The van der Waals surface area contributed by atoms with Crippen LogP contribution in [0.3, 0.4) is 0 Å². The van der Waals surface area contributed by atoms with Gasteiger partial charge in [0.1, 0.15) is 17.5 Å². The first-order valence-electron chi connectivity index (χ1n) is 6.16. The lowest BCUT2D eigenvalue weighted by Gasteiger charge is -2.07. The highest BCUT2D eigenvalue weighted by Gasteiger charge is 2.06. The van der Waals surface area contributed by atoms with Crippen LogP contribution < -0.4 is 10.1 Å². The molecule has 1 aromatic carbocycles. The quantitative estimate of drug-likeness (QED) is 0.923. The molecule has 0 unspecified atom stereocenters. The first-order valence-corrected chi connectivity index (χ1v) is 6.16. The minimum absolute atomic E-state index is 0.156. The Kier molecular flexibility index (Phi) is 4.30. The van der Waals surface area contributed by atoms with Gasteiger partial charge in [0.2, 0.25) is 5.88 Å². The number of pyridine rings is 1. The SMILES string of the molecule is CCNC(=O)c1cccc(Oc2cccc(C#N)n2)c1. The van der Waals surface area contributed by atoms with Crippen LogP contribution in [0.2, 0.25) is 0 Å². The third kappa shape index (κ3) is 3.33. The van der Waals surface area contributed by atoms with Gasteiger partial charge in [-0.2, -0.15) is 5.26 Å². The van der Waals surface area contributed by atoms with Gasteiger partial charge in [0.05, 0.1) is 0 Å². The largest absolute Gasteiger partial charge is 0.439 e. The molecule has 0 atom stereocenters. The molecule has 2 rings (SSSR count). The van der Waals surface area contributed by atoms with Crippen molar-refractivity contribution in [2.75, 3.05) is 6.54 Å². The molecule has 1 heterocycles. The number of hydrogen-bond acceptors (Lipinski definition) is 4. The molecule has 1 amide bonds. The van der Waals surface area contributed by atoms with Crippen molar-refractivity contribution in [3.05, 3.63) is 53.7 Å². The molecule has 5 heteroatoms. The van der Waals surface area contributed by atoms with Crippen molar-refractivity contribution in [2.45, 2.75) is 6.92 Å². The normalized spacial score (nSPS) is 9.60. The number of hydrogen-bond donors (Lipinski definition) is 1. The van der Waals surface area contributed by atoms with E-state index in [1.165, 1.54) is 0 Å². The Morgan fingerprint density at radius 3 is 2.90 bits per heavy atom. The fourth-order valence-corrected chi connectivity index (χ4v) is 1.62. The van der Waals surface area contributed by atoms with Gasteiger partial charge in [-0.1, -0.05) is 12.1 Å². The fourth-order valence-electron chi connectivity index (χ4n) is 1.62. The molecule has 0 bridgehead atoms. The summed E-state index contributed by atoms with van der Waals surface area (Å²) in [5.41, 5.74) is 0.795. The van der Waals surface area contributed by atoms with Crippen molar-refractivity contribution in [2.24, 2.45) is 0 Å². The Balaban J connectivity index is 2.19. The number of nitrogens with one attached hydrogen (secondary N) is 1. The first kappa shape index (κ1) is 13.6. The molecular weight excluding hydrogens is 254 g/mol. The second kappa shape index (κ2) is 6.34. The van der Waals surface area contributed by atoms with E-state index in [1.54, 1.807) is 42.5 Å². The van der Waals surface area contributed by atoms with Crippen LogP contribution in [-0.2, 0) is 0 Å².